The van der Waals surface area contributed by atoms with Gasteiger partial charge in [-0.25, -0.2) is 5.06 Å². The molecule has 11 nitrogen and oxygen atoms in total. The van der Waals surface area contributed by atoms with Crippen LogP contribution in [0.3, 0.4) is 0 Å². The topological polar surface area (TPSA) is 118 Å². The Morgan fingerprint density at radius 1 is 1.19 bits per heavy atom. The van der Waals surface area contributed by atoms with E-state index in [1.165, 1.54) is 0 Å². The monoisotopic (exact) mass is 514 g/mol. The van der Waals surface area contributed by atoms with E-state index in [-0.39, 0.29) is 11.9 Å². The van der Waals surface area contributed by atoms with Crippen molar-refractivity contribution < 1.29 is 14.4 Å². The van der Waals surface area contributed by atoms with E-state index in [9.17, 15) is 4.79 Å². The molecule has 0 aromatic carbocycles. The number of pyridine rings is 1. The SMILES string of the molecule is CN1CCC(N(OCCN2CCOCC2)C(=O)CCCCCCN=C(NC#N)Nc2ccncc2)CC1. The number of guanidine groups is 1. The molecule has 0 spiro atoms. The second kappa shape index (κ2) is 16.9. The Morgan fingerprint density at radius 3 is 2.65 bits per heavy atom. The Bertz CT molecular complexity index is 849. The van der Waals surface area contributed by atoms with E-state index >= 15 is 0 Å². The molecule has 1 aromatic rings. The van der Waals surface area contributed by atoms with Crippen molar-refractivity contribution in [3.05, 3.63) is 24.5 Å². The van der Waals surface area contributed by atoms with Gasteiger partial charge in [-0.05, 0) is 58.0 Å². The second-order valence-corrected chi connectivity index (χ2v) is 9.53. The molecule has 2 N–H and O–H groups in total. The predicted octanol–water partition coefficient (Wildman–Crippen LogP) is 2.06. The molecule has 0 radical (unpaired) electrons. The third-order valence-corrected chi connectivity index (χ3v) is 6.69. The summed E-state index contributed by atoms with van der Waals surface area (Å²) in [5.74, 6) is 0.517. The average Bonchev–Trinajstić information content (AvgIpc) is 2.92. The van der Waals surface area contributed by atoms with E-state index in [1.54, 1.807) is 17.5 Å². The van der Waals surface area contributed by atoms with E-state index in [2.05, 4.69) is 37.5 Å². The van der Waals surface area contributed by atoms with Crippen molar-refractivity contribution in [1.29, 1.82) is 5.26 Å². The van der Waals surface area contributed by atoms with Gasteiger partial charge in [0.15, 0.2) is 6.19 Å². The quantitative estimate of drug-likeness (QED) is 0.102. The van der Waals surface area contributed by atoms with Crippen molar-refractivity contribution in [3.63, 3.8) is 0 Å². The van der Waals surface area contributed by atoms with Crippen molar-refractivity contribution in [2.24, 2.45) is 4.99 Å². The first kappa shape index (κ1) is 28.8. The van der Waals surface area contributed by atoms with E-state index in [0.717, 1.165) is 90.1 Å². The first-order valence-electron chi connectivity index (χ1n) is 13.5. The third-order valence-electron chi connectivity index (χ3n) is 6.69. The summed E-state index contributed by atoms with van der Waals surface area (Å²) in [6, 6.07) is 3.78. The highest BCUT2D eigenvalue weighted by Crippen LogP contribution is 2.18. The summed E-state index contributed by atoms with van der Waals surface area (Å²) in [6.45, 7) is 7.29. The average molecular weight is 515 g/mol. The van der Waals surface area contributed by atoms with Gasteiger partial charge in [0, 0.05) is 50.7 Å². The zero-order valence-corrected chi connectivity index (χ0v) is 22.1. The number of aromatic nitrogens is 1. The smallest absolute Gasteiger partial charge is 0.246 e. The van der Waals surface area contributed by atoms with Crippen LogP contribution in [0, 0.1) is 11.5 Å². The number of rotatable bonds is 13. The zero-order chi connectivity index (χ0) is 26.1. The largest absolute Gasteiger partial charge is 0.379 e. The summed E-state index contributed by atoms with van der Waals surface area (Å²) in [5.41, 5.74) is 0.816. The summed E-state index contributed by atoms with van der Waals surface area (Å²) in [4.78, 5) is 32.3. The fraction of sp³-hybridized carbons (Fsp3) is 0.692. The molecule has 3 heterocycles. The molecule has 1 aromatic heterocycles. The number of hydroxylamine groups is 2. The molecular formula is C26H42N8O3. The van der Waals surface area contributed by atoms with Gasteiger partial charge in [0.1, 0.15) is 0 Å². The molecular weight excluding hydrogens is 472 g/mol. The molecule has 204 valence electrons. The fourth-order valence-electron chi connectivity index (χ4n) is 4.48. The highest BCUT2D eigenvalue weighted by molar-refractivity contribution is 5.94. The molecule has 3 rings (SSSR count). The Balaban J connectivity index is 1.36. The number of carbonyl (C=O) groups is 1. The van der Waals surface area contributed by atoms with E-state index in [1.807, 2.05) is 18.3 Å². The summed E-state index contributed by atoms with van der Waals surface area (Å²) in [6.07, 6.45) is 11.3. The van der Waals surface area contributed by atoms with Crippen LogP contribution in [0.5, 0.6) is 0 Å². The fourth-order valence-corrected chi connectivity index (χ4v) is 4.48. The van der Waals surface area contributed by atoms with Crippen LogP contribution in [0.15, 0.2) is 29.5 Å². The van der Waals surface area contributed by atoms with Gasteiger partial charge in [-0.3, -0.25) is 29.8 Å². The molecule has 0 aliphatic carbocycles. The molecule has 0 bridgehead atoms. The number of anilines is 1. The van der Waals surface area contributed by atoms with Crippen molar-refractivity contribution in [2.45, 2.75) is 51.0 Å². The number of nitrogens with one attached hydrogen (secondary N) is 2. The van der Waals surface area contributed by atoms with Gasteiger partial charge in [-0.15, -0.1) is 0 Å². The number of unbranched alkanes of at least 4 members (excludes halogenated alkanes) is 3. The third kappa shape index (κ3) is 11.0. The lowest BCUT2D eigenvalue weighted by atomic mass is 10.0. The van der Waals surface area contributed by atoms with Crippen molar-refractivity contribution in [2.75, 3.05) is 71.5 Å². The van der Waals surface area contributed by atoms with Crippen LogP contribution in [0.4, 0.5) is 5.69 Å². The maximum atomic E-state index is 13.1. The lowest BCUT2D eigenvalue weighted by Crippen LogP contribution is -2.47. The minimum atomic E-state index is 0.0941. The summed E-state index contributed by atoms with van der Waals surface area (Å²) < 4.78 is 5.42. The molecule has 2 saturated heterocycles. The number of hydrogen-bond donors (Lipinski definition) is 2. The lowest BCUT2D eigenvalue weighted by molar-refractivity contribution is -0.206. The molecule has 2 aliphatic rings. The molecule has 1 amide bonds. The standard InChI is InChI=1S/C26H42N8O3/c1-32-14-9-24(10-15-32)34(37-21-18-33-16-19-36-20-17-33)25(35)6-4-2-3-5-11-29-26(30-22-27)31-23-7-12-28-13-8-23/h7-8,12-13,24H,2-6,9-11,14-21H2,1H3,(H2,28,29,30,31). The molecule has 2 aliphatic heterocycles. The Hall–Kier alpha value is -2.78. The minimum absolute atomic E-state index is 0.0941. The number of hydrogen-bond acceptors (Lipinski definition) is 8. The number of aliphatic imine (C=N–C) groups is 1. The number of nitriles is 1. The van der Waals surface area contributed by atoms with Crippen LogP contribution < -0.4 is 10.6 Å². The van der Waals surface area contributed by atoms with Gasteiger partial charge in [0.25, 0.3) is 0 Å². The Morgan fingerprint density at radius 2 is 1.92 bits per heavy atom. The number of amides is 1. The summed E-state index contributed by atoms with van der Waals surface area (Å²) in [7, 11) is 2.13. The molecule has 11 heteroatoms. The van der Waals surface area contributed by atoms with Gasteiger partial charge >= 0.3 is 0 Å². The highest BCUT2D eigenvalue weighted by atomic mass is 16.7. The number of piperidine rings is 1. The van der Waals surface area contributed by atoms with Gasteiger partial charge in [0.05, 0.1) is 25.9 Å². The highest BCUT2D eigenvalue weighted by Gasteiger charge is 2.28. The molecule has 2 fully saturated rings. The Kier molecular flexibility index (Phi) is 13.1. The molecule has 0 saturated carbocycles. The lowest BCUT2D eigenvalue weighted by Gasteiger charge is -2.37. The van der Waals surface area contributed by atoms with Crippen molar-refractivity contribution >= 4 is 17.6 Å². The van der Waals surface area contributed by atoms with Crippen molar-refractivity contribution in [3.8, 4) is 6.19 Å². The Labute approximate surface area is 220 Å². The van der Waals surface area contributed by atoms with Crippen LogP contribution in [0.2, 0.25) is 0 Å². The van der Waals surface area contributed by atoms with Crippen LogP contribution in [-0.2, 0) is 14.4 Å². The molecule has 0 unspecified atom stereocenters. The van der Waals surface area contributed by atoms with Crippen LogP contribution in [0.1, 0.15) is 44.9 Å². The number of likely N-dealkylation sites (tertiary alicyclic amines) is 1. The van der Waals surface area contributed by atoms with E-state index in [4.69, 9.17) is 14.8 Å². The molecule has 0 atom stereocenters. The van der Waals surface area contributed by atoms with E-state index in [0.29, 0.717) is 25.5 Å². The summed E-state index contributed by atoms with van der Waals surface area (Å²) >= 11 is 0. The second-order valence-electron chi connectivity index (χ2n) is 9.53. The van der Waals surface area contributed by atoms with Crippen LogP contribution >= 0.6 is 0 Å². The molecule has 37 heavy (non-hydrogen) atoms. The zero-order valence-electron chi connectivity index (χ0n) is 22.1. The van der Waals surface area contributed by atoms with E-state index < -0.39 is 0 Å². The van der Waals surface area contributed by atoms with Gasteiger partial charge < -0.3 is 15.0 Å². The maximum Gasteiger partial charge on any atom is 0.246 e. The number of ether oxygens (including phenoxy) is 1. The van der Waals surface area contributed by atoms with Gasteiger partial charge in [0.2, 0.25) is 11.9 Å². The van der Waals surface area contributed by atoms with Crippen LogP contribution in [-0.4, -0.2) is 104 Å². The number of nitrogens with zero attached hydrogens (tertiary/aromatic N) is 6. The normalized spacial score (nSPS) is 17.8. The van der Waals surface area contributed by atoms with Gasteiger partial charge in [-0.2, -0.15) is 5.26 Å². The summed E-state index contributed by atoms with van der Waals surface area (Å²) in [5, 5.41) is 16.3. The van der Waals surface area contributed by atoms with Crippen molar-refractivity contribution in [1.82, 2.24) is 25.2 Å². The first-order chi connectivity index (χ1) is 18.2. The first-order valence-corrected chi connectivity index (χ1v) is 13.5. The maximum absolute atomic E-state index is 13.1. The minimum Gasteiger partial charge on any atom is -0.379 e. The number of morpholine rings is 1. The predicted molar refractivity (Wildman–Crippen MR) is 143 cm³/mol. The van der Waals surface area contributed by atoms with Crippen LogP contribution in [0.25, 0.3) is 0 Å². The number of carbonyl (C=O) groups excluding carboxylic acids is 1. The van der Waals surface area contributed by atoms with Gasteiger partial charge in [-0.1, -0.05) is 12.8 Å².